The summed E-state index contributed by atoms with van der Waals surface area (Å²) in [5, 5.41) is 3.61. The second-order valence-electron chi connectivity index (χ2n) is 5.31. The van der Waals surface area contributed by atoms with Gasteiger partial charge in [0.25, 0.3) is 0 Å². The largest absolute Gasteiger partial charge is 0.497 e. The van der Waals surface area contributed by atoms with E-state index in [1.807, 2.05) is 12.1 Å². The molecule has 0 unspecified atom stereocenters. The lowest BCUT2D eigenvalue weighted by Crippen LogP contribution is -2.42. The molecule has 1 fully saturated rings. The van der Waals surface area contributed by atoms with Crippen molar-refractivity contribution in [3.05, 3.63) is 23.8 Å². The highest BCUT2D eigenvalue weighted by molar-refractivity contribution is 5.40. The predicted molar refractivity (Wildman–Crippen MR) is 84.7 cm³/mol. The number of piperidine rings is 1. The summed E-state index contributed by atoms with van der Waals surface area (Å²) in [6, 6.07) is 6.49. The van der Waals surface area contributed by atoms with Crippen LogP contribution in [0.15, 0.2) is 18.2 Å². The van der Waals surface area contributed by atoms with Crippen molar-refractivity contribution in [2.45, 2.75) is 25.4 Å². The van der Waals surface area contributed by atoms with E-state index < -0.39 is 0 Å². The van der Waals surface area contributed by atoms with Crippen LogP contribution in [0, 0.1) is 12.3 Å². The summed E-state index contributed by atoms with van der Waals surface area (Å²) in [4.78, 5) is 2.33. The number of ether oxygens (including phenoxy) is 2. The number of methoxy groups -OCH3 is 2. The second-order valence-corrected chi connectivity index (χ2v) is 5.31. The first-order valence-corrected chi connectivity index (χ1v) is 7.37. The average Bonchev–Trinajstić information content (AvgIpc) is 2.54. The van der Waals surface area contributed by atoms with Crippen molar-refractivity contribution in [3.63, 3.8) is 0 Å². The van der Waals surface area contributed by atoms with Crippen molar-refractivity contribution in [2.75, 3.05) is 33.9 Å². The molecule has 0 saturated carbocycles. The Morgan fingerprint density at radius 1 is 1.29 bits per heavy atom. The molecule has 0 aliphatic carbocycles. The molecule has 1 aliphatic heterocycles. The van der Waals surface area contributed by atoms with Gasteiger partial charge in [-0.25, -0.2) is 0 Å². The third-order valence-corrected chi connectivity index (χ3v) is 3.98. The summed E-state index contributed by atoms with van der Waals surface area (Å²) < 4.78 is 10.6. The Morgan fingerprint density at radius 2 is 2.05 bits per heavy atom. The van der Waals surface area contributed by atoms with E-state index in [0.717, 1.165) is 56.1 Å². The van der Waals surface area contributed by atoms with Gasteiger partial charge in [0.2, 0.25) is 0 Å². The molecule has 2 rings (SSSR count). The van der Waals surface area contributed by atoms with Crippen LogP contribution in [0.4, 0.5) is 0 Å². The first-order chi connectivity index (χ1) is 10.3. The van der Waals surface area contributed by atoms with E-state index >= 15 is 0 Å². The molecule has 0 radical (unpaired) electrons. The Morgan fingerprint density at radius 3 is 2.67 bits per heavy atom. The molecule has 114 valence electrons. The molecule has 1 saturated heterocycles. The van der Waals surface area contributed by atoms with Crippen LogP contribution in [-0.4, -0.2) is 44.8 Å². The maximum Gasteiger partial charge on any atom is 0.127 e. The molecule has 0 aromatic heterocycles. The third kappa shape index (κ3) is 4.38. The summed E-state index contributed by atoms with van der Waals surface area (Å²) in [5.41, 5.74) is 1.16. The summed E-state index contributed by atoms with van der Waals surface area (Å²) >= 11 is 0. The van der Waals surface area contributed by atoms with Crippen LogP contribution in [0.5, 0.6) is 11.5 Å². The van der Waals surface area contributed by atoms with E-state index in [2.05, 4.69) is 22.2 Å². The van der Waals surface area contributed by atoms with Gasteiger partial charge in [0.05, 0.1) is 20.8 Å². The highest BCUT2D eigenvalue weighted by Crippen LogP contribution is 2.24. The van der Waals surface area contributed by atoms with Crippen LogP contribution < -0.4 is 14.8 Å². The van der Waals surface area contributed by atoms with Gasteiger partial charge >= 0.3 is 0 Å². The molecule has 1 N–H and O–H groups in total. The van der Waals surface area contributed by atoms with Crippen LogP contribution in [0.3, 0.4) is 0 Å². The Balaban J connectivity index is 1.85. The van der Waals surface area contributed by atoms with Crippen molar-refractivity contribution in [2.24, 2.45) is 0 Å². The molecule has 0 atom stereocenters. The highest BCUT2D eigenvalue weighted by atomic mass is 16.5. The maximum absolute atomic E-state index is 5.43. The molecule has 21 heavy (non-hydrogen) atoms. The number of hydrogen-bond donors (Lipinski definition) is 1. The van der Waals surface area contributed by atoms with Crippen molar-refractivity contribution in [1.82, 2.24) is 10.2 Å². The number of rotatable bonds is 6. The molecule has 1 heterocycles. The van der Waals surface area contributed by atoms with E-state index in [1.54, 1.807) is 14.2 Å². The monoisotopic (exact) mass is 288 g/mol. The van der Waals surface area contributed by atoms with Gasteiger partial charge < -0.3 is 14.8 Å². The minimum Gasteiger partial charge on any atom is -0.497 e. The maximum atomic E-state index is 5.43. The number of hydrogen-bond acceptors (Lipinski definition) is 4. The van der Waals surface area contributed by atoms with Crippen LogP contribution in [0.25, 0.3) is 0 Å². The summed E-state index contributed by atoms with van der Waals surface area (Å²) in [6.07, 6.45) is 7.63. The number of nitrogens with zero attached hydrogens (tertiary/aromatic N) is 1. The smallest absolute Gasteiger partial charge is 0.127 e. The predicted octanol–water partition coefficient (Wildman–Crippen LogP) is 1.89. The van der Waals surface area contributed by atoms with Crippen molar-refractivity contribution in [3.8, 4) is 23.8 Å². The molecule has 1 aromatic carbocycles. The van der Waals surface area contributed by atoms with Crippen molar-refractivity contribution in [1.29, 1.82) is 0 Å². The molecular formula is C17H24N2O2. The zero-order chi connectivity index (χ0) is 15.1. The van der Waals surface area contributed by atoms with Gasteiger partial charge in [-0.2, -0.15) is 0 Å². The Bertz CT molecular complexity index is 488. The fourth-order valence-electron chi connectivity index (χ4n) is 2.68. The van der Waals surface area contributed by atoms with E-state index in [-0.39, 0.29) is 0 Å². The number of terminal acetylenes is 1. The SMILES string of the molecule is C#CCN1CCC(NCc2ccc(OC)cc2OC)CC1. The van der Waals surface area contributed by atoms with Gasteiger partial charge in [-0.15, -0.1) is 6.42 Å². The zero-order valence-corrected chi connectivity index (χ0v) is 12.9. The molecule has 1 aromatic rings. The van der Waals surface area contributed by atoms with E-state index in [9.17, 15) is 0 Å². The number of benzene rings is 1. The van der Waals surface area contributed by atoms with E-state index in [4.69, 9.17) is 15.9 Å². The topological polar surface area (TPSA) is 33.7 Å². The van der Waals surface area contributed by atoms with Crippen LogP contribution in [-0.2, 0) is 6.54 Å². The lowest BCUT2D eigenvalue weighted by Gasteiger charge is -2.31. The molecule has 0 amide bonds. The van der Waals surface area contributed by atoms with E-state index in [1.165, 1.54) is 0 Å². The van der Waals surface area contributed by atoms with Crippen LogP contribution in [0.1, 0.15) is 18.4 Å². The van der Waals surface area contributed by atoms with Crippen molar-refractivity contribution >= 4 is 0 Å². The van der Waals surface area contributed by atoms with Gasteiger partial charge in [0, 0.05) is 37.3 Å². The minimum atomic E-state index is 0.547. The molecule has 0 bridgehead atoms. The molecule has 1 aliphatic rings. The normalized spacial score (nSPS) is 16.4. The lowest BCUT2D eigenvalue weighted by molar-refractivity contribution is 0.217. The van der Waals surface area contributed by atoms with Crippen LogP contribution >= 0.6 is 0 Å². The van der Waals surface area contributed by atoms with Gasteiger partial charge in [0.15, 0.2) is 0 Å². The van der Waals surface area contributed by atoms with Gasteiger partial charge in [-0.05, 0) is 18.9 Å². The first kappa shape index (κ1) is 15.7. The van der Waals surface area contributed by atoms with Crippen LogP contribution in [0.2, 0.25) is 0 Å². The average molecular weight is 288 g/mol. The summed E-state index contributed by atoms with van der Waals surface area (Å²) in [6.45, 7) is 3.72. The number of nitrogens with one attached hydrogen (secondary N) is 1. The van der Waals surface area contributed by atoms with E-state index in [0.29, 0.717) is 6.04 Å². The van der Waals surface area contributed by atoms with Gasteiger partial charge in [-0.3, -0.25) is 4.90 Å². The highest BCUT2D eigenvalue weighted by Gasteiger charge is 2.18. The first-order valence-electron chi connectivity index (χ1n) is 7.37. The minimum absolute atomic E-state index is 0.547. The zero-order valence-electron chi connectivity index (χ0n) is 12.9. The fraction of sp³-hybridized carbons (Fsp3) is 0.529. The lowest BCUT2D eigenvalue weighted by atomic mass is 10.0. The van der Waals surface area contributed by atoms with Gasteiger partial charge in [-0.1, -0.05) is 12.0 Å². The molecule has 0 spiro atoms. The molecule has 4 heteroatoms. The summed E-state index contributed by atoms with van der Waals surface area (Å²) in [5.74, 6) is 4.40. The Hall–Kier alpha value is -1.70. The Kier molecular flexibility index (Phi) is 5.91. The summed E-state index contributed by atoms with van der Waals surface area (Å²) in [7, 11) is 3.35. The molecule has 4 nitrogen and oxygen atoms in total. The molecular weight excluding hydrogens is 264 g/mol. The Labute approximate surface area is 127 Å². The third-order valence-electron chi connectivity index (χ3n) is 3.98. The fourth-order valence-corrected chi connectivity index (χ4v) is 2.68. The quantitative estimate of drug-likeness (QED) is 0.811. The standard InChI is InChI=1S/C17H24N2O2/c1-4-9-19-10-7-15(8-11-19)18-13-14-5-6-16(20-2)12-17(14)21-3/h1,5-6,12,15,18H,7-11,13H2,2-3H3. The van der Waals surface area contributed by atoms with Crippen molar-refractivity contribution < 1.29 is 9.47 Å². The second kappa shape index (κ2) is 7.92. The number of likely N-dealkylation sites (tertiary alicyclic amines) is 1. The van der Waals surface area contributed by atoms with Gasteiger partial charge in [0.1, 0.15) is 11.5 Å².